The molecule has 3 aromatic rings. The van der Waals surface area contributed by atoms with Crippen LogP contribution in [0.4, 0.5) is 0 Å². The van der Waals surface area contributed by atoms with Gasteiger partial charge in [0, 0.05) is 42.2 Å². The summed E-state index contributed by atoms with van der Waals surface area (Å²) in [6.45, 7) is 3.00. The van der Waals surface area contributed by atoms with E-state index in [0.29, 0.717) is 24.2 Å². The summed E-state index contributed by atoms with van der Waals surface area (Å²) in [6.07, 6.45) is 3.42. The second-order valence-corrected chi connectivity index (χ2v) is 9.27. The second-order valence-electron chi connectivity index (χ2n) is 7.53. The Balaban J connectivity index is 1.69. The van der Waals surface area contributed by atoms with Gasteiger partial charge in [-0.2, -0.15) is 0 Å². The lowest BCUT2D eigenvalue weighted by molar-refractivity contribution is 0.1000. The van der Waals surface area contributed by atoms with E-state index in [2.05, 4.69) is 15.0 Å². The fraction of sp³-hybridized carbons (Fsp3) is 0.250. The van der Waals surface area contributed by atoms with E-state index in [4.69, 9.17) is 5.73 Å². The molecule has 1 amide bonds. The first-order chi connectivity index (χ1) is 15.8. The number of nitrogens with zero attached hydrogens (tertiary/aromatic N) is 1. The van der Waals surface area contributed by atoms with Crippen molar-refractivity contribution in [1.29, 1.82) is 0 Å². The highest BCUT2D eigenvalue weighted by Gasteiger charge is 2.20. The maximum Gasteiger partial charge on any atom is 0.248 e. The third kappa shape index (κ3) is 6.45. The zero-order valence-electron chi connectivity index (χ0n) is 18.4. The molecule has 1 aromatic heterocycles. The van der Waals surface area contributed by atoms with Gasteiger partial charge in [-0.15, -0.1) is 0 Å². The predicted octanol–water partition coefficient (Wildman–Crippen LogP) is 2.01. The number of aromatic nitrogens is 1. The van der Waals surface area contributed by atoms with Gasteiger partial charge < -0.3 is 16.2 Å². The number of rotatable bonds is 11. The minimum absolute atomic E-state index is 0.0134. The number of carbonyl (C=O) groups is 1. The van der Waals surface area contributed by atoms with Gasteiger partial charge in [0.1, 0.15) is 0 Å². The number of pyridine rings is 1. The van der Waals surface area contributed by atoms with Gasteiger partial charge in [0.2, 0.25) is 15.9 Å². The molecule has 1 atom stereocenters. The fourth-order valence-corrected chi connectivity index (χ4v) is 4.71. The van der Waals surface area contributed by atoms with E-state index in [9.17, 15) is 18.3 Å². The molecule has 1 heterocycles. The molecule has 3 rings (SSSR count). The molecule has 0 spiro atoms. The predicted molar refractivity (Wildman–Crippen MR) is 127 cm³/mol. The topological polar surface area (TPSA) is 134 Å². The van der Waals surface area contributed by atoms with E-state index in [-0.39, 0.29) is 17.0 Å². The highest BCUT2D eigenvalue weighted by Crippen LogP contribution is 2.29. The van der Waals surface area contributed by atoms with Gasteiger partial charge in [-0.05, 0) is 42.3 Å². The fourth-order valence-electron chi connectivity index (χ4n) is 3.42. The van der Waals surface area contributed by atoms with Crippen molar-refractivity contribution in [3.63, 3.8) is 0 Å². The van der Waals surface area contributed by atoms with E-state index >= 15 is 0 Å². The molecule has 0 unspecified atom stereocenters. The first-order valence-electron chi connectivity index (χ1n) is 10.6. The smallest absolute Gasteiger partial charge is 0.248 e. The summed E-state index contributed by atoms with van der Waals surface area (Å²) in [4.78, 5) is 15.6. The van der Waals surface area contributed by atoms with Crippen molar-refractivity contribution in [1.82, 2.24) is 15.0 Å². The van der Waals surface area contributed by atoms with Crippen LogP contribution in [0.25, 0.3) is 11.1 Å². The second kappa shape index (κ2) is 11.2. The van der Waals surface area contributed by atoms with Crippen LogP contribution in [0.15, 0.2) is 71.9 Å². The largest absolute Gasteiger partial charge is 0.387 e. The molecule has 2 aromatic carbocycles. The van der Waals surface area contributed by atoms with Crippen LogP contribution in [-0.2, 0) is 16.4 Å². The number of nitrogens with two attached hydrogens (primary N) is 1. The summed E-state index contributed by atoms with van der Waals surface area (Å²) in [7, 11) is -3.80. The van der Waals surface area contributed by atoms with Crippen molar-refractivity contribution in [3.8, 4) is 11.1 Å². The Morgan fingerprint density at radius 1 is 1.15 bits per heavy atom. The zero-order chi connectivity index (χ0) is 23.8. The molecule has 9 heteroatoms. The van der Waals surface area contributed by atoms with Gasteiger partial charge in [-0.3, -0.25) is 9.78 Å². The number of hydrogen-bond acceptors (Lipinski definition) is 6. The summed E-state index contributed by atoms with van der Waals surface area (Å²) in [5.41, 5.74) is 8.50. The summed E-state index contributed by atoms with van der Waals surface area (Å²) >= 11 is 0. The molecule has 0 saturated heterocycles. The number of carbonyl (C=O) groups excluding carboxylic acids is 1. The Kier molecular flexibility index (Phi) is 8.29. The van der Waals surface area contributed by atoms with E-state index in [0.717, 1.165) is 17.5 Å². The van der Waals surface area contributed by atoms with E-state index in [1.807, 2.05) is 30.3 Å². The lowest BCUT2D eigenvalue weighted by Crippen LogP contribution is -2.24. The van der Waals surface area contributed by atoms with Gasteiger partial charge in [0.15, 0.2) is 0 Å². The number of aliphatic hydroxyl groups excluding tert-OH is 1. The van der Waals surface area contributed by atoms with Crippen LogP contribution in [0.2, 0.25) is 0 Å². The molecule has 0 saturated carbocycles. The molecule has 0 fully saturated rings. The van der Waals surface area contributed by atoms with Crippen molar-refractivity contribution < 1.29 is 18.3 Å². The molecule has 0 radical (unpaired) electrons. The van der Waals surface area contributed by atoms with Crippen LogP contribution >= 0.6 is 0 Å². The summed E-state index contributed by atoms with van der Waals surface area (Å²) in [5, 5.41) is 13.4. The standard InChI is InChI=1S/C24H28N4O4S/c1-2-28-33(31,32)23-14-19(24(25)30)9-10-21(23)18-7-5-17(6-8-18)11-13-27-16-22(29)20-4-3-12-26-15-20/h3-10,12,14-15,22,27-29H,2,11,13,16H2,1H3,(H2,25,30)/t22-/m0/s1. The Bertz CT molecular complexity index is 1180. The van der Waals surface area contributed by atoms with Crippen molar-refractivity contribution >= 4 is 15.9 Å². The van der Waals surface area contributed by atoms with Gasteiger partial charge >= 0.3 is 0 Å². The molecule has 0 bridgehead atoms. The number of sulfonamides is 1. The van der Waals surface area contributed by atoms with E-state index < -0.39 is 22.0 Å². The zero-order valence-corrected chi connectivity index (χ0v) is 19.2. The number of nitrogens with one attached hydrogen (secondary N) is 2. The van der Waals surface area contributed by atoms with Crippen molar-refractivity contribution in [2.24, 2.45) is 5.73 Å². The maximum absolute atomic E-state index is 12.7. The monoisotopic (exact) mass is 468 g/mol. The number of amides is 1. The van der Waals surface area contributed by atoms with Gasteiger partial charge in [0.25, 0.3) is 0 Å². The van der Waals surface area contributed by atoms with Crippen LogP contribution in [0.5, 0.6) is 0 Å². The molecule has 33 heavy (non-hydrogen) atoms. The Morgan fingerprint density at radius 3 is 2.55 bits per heavy atom. The molecule has 8 nitrogen and oxygen atoms in total. The Morgan fingerprint density at radius 2 is 1.91 bits per heavy atom. The lowest BCUT2D eigenvalue weighted by Gasteiger charge is -2.13. The summed E-state index contributed by atoms with van der Waals surface area (Å²) < 4.78 is 27.9. The number of hydrogen-bond donors (Lipinski definition) is 4. The van der Waals surface area contributed by atoms with Crippen LogP contribution in [0.3, 0.4) is 0 Å². The first-order valence-corrected chi connectivity index (χ1v) is 12.1. The third-order valence-electron chi connectivity index (χ3n) is 5.15. The van der Waals surface area contributed by atoms with Crippen LogP contribution in [0.1, 0.15) is 34.5 Å². The number of primary amides is 1. The Labute approximate surface area is 193 Å². The molecule has 5 N–H and O–H groups in total. The quantitative estimate of drug-likeness (QED) is 0.318. The van der Waals surface area contributed by atoms with Crippen molar-refractivity contribution in [2.75, 3.05) is 19.6 Å². The SMILES string of the molecule is CCNS(=O)(=O)c1cc(C(N)=O)ccc1-c1ccc(CCNC[C@H](O)c2cccnc2)cc1. The van der Waals surface area contributed by atoms with E-state index in [1.165, 1.54) is 12.1 Å². The first kappa shape index (κ1) is 24.5. The minimum Gasteiger partial charge on any atom is -0.387 e. The molecule has 0 aliphatic rings. The highest BCUT2D eigenvalue weighted by atomic mass is 32.2. The number of benzene rings is 2. The van der Waals surface area contributed by atoms with Gasteiger partial charge in [0.05, 0.1) is 11.0 Å². The average molecular weight is 469 g/mol. The van der Waals surface area contributed by atoms with Gasteiger partial charge in [-0.25, -0.2) is 13.1 Å². The highest BCUT2D eigenvalue weighted by molar-refractivity contribution is 7.89. The van der Waals surface area contributed by atoms with Crippen molar-refractivity contribution in [3.05, 3.63) is 83.7 Å². The minimum atomic E-state index is -3.80. The molecular weight excluding hydrogens is 440 g/mol. The number of aliphatic hydroxyl groups is 1. The normalized spacial score (nSPS) is 12.4. The average Bonchev–Trinajstić information content (AvgIpc) is 2.82. The third-order valence-corrected chi connectivity index (χ3v) is 6.74. The van der Waals surface area contributed by atoms with E-state index in [1.54, 1.807) is 31.5 Å². The van der Waals surface area contributed by atoms with Crippen LogP contribution < -0.4 is 15.8 Å². The summed E-state index contributed by atoms with van der Waals surface area (Å²) in [5.74, 6) is -0.689. The van der Waals surface area contributed by atoms with Crippen LogP contribution in [0, 0.1) is 0 Å². The molecule has 0 aliphatic heterocycles. The lowest BCUT2D eigenvalue weighted by atomic mass is 10.0. The Hall–Kier alpha value is -3.11. The maximum atomic E-state index is 12.7. The summed E-state index contributed by atoms with van der Waals surface area (Å²) in [6, 6.07) is 15.6. The van der Waals surface area contributed by atoms with Gasteiger partial charge in [-0.1, -0.05) is 43.3 Å². The molecular formula is C24H28N4O4S. The van der Waals surface area contributed by atoms with Crippen LogP contribution in [-0.4, -0.2) is 44.0 Å². The van der Waals surface area contributed by atoms with Crippen molar-refractivity contribution in [2.45, 2.75) is 24.3 Å². The molecule has 174 valence electrons. The molecule has 0 aliphatic carbocycles.